The first-order valence-electron chi connectivity index (χ1n) is 5.27. The van der Waals surface area contributed by atoms with Gasteiger partial charge < -0.3 is 10.8 Å². The molecule has 1 rings (SSSR count). The van der Waals surface area contributed by atoms with Crippen LogP contribution in [0.25, 0.3) is 0 Å². The Balaban J connectivity index is 2.49. The van der Waals surface area contributed by atoms with Crippen LogP contribution in [0.15, 0.2) is 0 Å². The van der Waals surface area contributed by atoms with Crippen LogP contribution in [0.3, 0.4) is 0 Å². The number of likely N-dealkylation sites (tertiary alicyclic amines) is 1. The molecule has 0 aromatic heterocycles. The number of rotatable bonds is 3. The van der Waals surface area contributed by atoms with Gasteiger partial charge in [0, 0.05) is 19.1 Å². The number of aliphatic hydroxyl groups is 1. The van der Waals surface area contributed by atoms with Gasteiger partial charge >= 0.3 is 0 Å². The van der Waals surface area contributed by atoms with Crippen LogP contribution in [0.2, 0.25) is 0 Å². The summed E-state index contributed by atoms with van der Waals surface area (Å²) >= 11 is 0. The Morgan fingerprint density at radius 2 is 2.31 bits per heavy atom. The van der Waals surface area contributed by atoms with Crippen molar-refractivity contribution >= 4 is 0 Å². The molecular formula is C10H22N2O. The van der Waals surface area contributed by atoms with E-state index in [2.05, 4.69) is 11.8 Å². The SMILES string of the molecule is CC1CCCN(C[C@H](C)O)C1CN. The number of nitrogens with zero attached hydrogens (tertiary/aromatic N) is 1. The number of nitrogens with two attached hydrogens (primary N) is 1. The lowest BCUT2D eigenvalue weighted by Gasteiger charge is -2.40. The van der Waals surface area contributed by atoms with Gasteiger partial charge in [0.05, 0.1) is 6.10 Å². The van der Waals surface area contributed by atoms with Crippen molar-refractivity contribution in [2.45, 2.75) is 38.8 Å². The fourth-order valence-corrected chi connectivity index (χ4v) is 2.28. The Bertz CT molecular complexity index is 150. The van der Waals surface area contributed by atoms with E-state index in [0.717, 1.165) is 13.1 Å². The van der Waals surface area contributed by atoms with Gasteiger partial charge in [0.25, 0.3) is 0 Å². The summed E-state index contributed by atoms with van der Waals surface area (Å²) < 4.78 is 0. The zero-order valence-corrected chi connectivity index (χ0v) is 8.74. The van der Waals surface area contributed by atoms with Gasteiger partial charge in [-0.3, -0.25) is 4.90 Å². The van der Waals surface area contributed by atoms with E-state index in [1.807, 2.05) is 6.92 Å². The third-order valence-corrected chi connectivity index (χ3v) is 2.97. The van der Waals surface area contributed by atoms with E-state index in [0.29, 0.717) is 18.5 Å². The highest BCUT2D eigenvalue weighted by Gasteiger charge is 2.27. The van der Waals surface area contributed by atoms with Crippen molar-refractivity contribution < 1.29 is 5.11 Å². The normalized spacial score (nSPS) is 33.2. The molecule has 1 saturated heterocycles. The van der Waals surface area contributed by atoms with Gasteiger partial charge in [-0.25, -0.2) is 0 Å². The summed E-state index contributed by atoms with van der Waals surface area (Å²) in [6, 6.07) is 0.475. The molecule has 3 N–H and O–H groups in total. The quantitative estimate of drug-likeness (QED) is 0.672. The third kappa shape index (κ3) is 2.93. The number of piperidine rings is 1. The molecule has 13 heavy (non-hydrogen) atoms. The first kappa shape index (κ1) is 11.0. The minimum absolute atomic E-state index is 0.237. The molecule has 0 amide bonds. The van der Waals surface area contributed by atoms with E-state index in [-0.39, 0.29) is 6.10 Å². The first-order chi connectivity index (χ1) is 6.15. The molecule has 0 bridgehead atoms. The molecule has 2 unspecified atom stereocenters. The van der Waals surface area contributed by atoms with Gasteiger partial charge in [0.1, 0.15) is 0 Å². The molecule has 3 nitrogen and oxygen atoms in total. The Labute approximate surface area is 80.9 Å². The van der Waals surface area contributed by atoms with Crippen LogP contribution in [0.5, 0.6) is 0 Å². The molecule has 1 heterocycles. The highest BCUT2D eigenvalue weighted by molar-refractivity contribution is 4.83. The highest BCUT2D eigenvalue weighted by atomic mass is 16.3. The van der Waals surface area contributed by atoms with Crippen LogP contribution in [-0.2, 0) is 0 Å². The lowest BCUT2D eigenvalue weighted by molar-refractivity contribution is 0.0549. The van der Waals surface area contributed by atoms with E-state index in [4.69, 9.17) is 5.73 Å². The molecule has 0 aromatic carbocycles. The molecular weight excluding hydrogens is 164 g/mol. The van der Waals surface area contributed by atoms with Crippen molar-refractivity contribution in [3.05, 3.63) is 0 Å². The number of aliphatic hydroxyl groups excluding tert-OH is 1. The Morgan fingerprint density at radius 3 is 2.85 bits per heavy atom. The smallest absolute Gasteiger partial charge is 0.0639 e. The summed E-state index contributed by atoms with van der Waals surface area (Å²) in [6.07, 6.45) is 2.28. The van der Waals surface area contributed by atoms with Gasteiger partial charge in [-0.05, 0) is 32.2 Å². The second kappa shape index (κ2) is 4.94. The lowest BCUT2D eigenvalue weighted by atomic mass is 9.90. The van der Waals surface area contributed by atoms with Gasteiger partial charge in [-0.15, -0.1) is 0 Å². The standard InChI is InChI=1S/C10H22N2O/c1-8-4-3-5-12(7-9(2)13)10(8)6-11/h8-10,13H,3-7,11H2,1-2H3/t8?,9-,10?/m0/s1. The zero-order chi connectivity index (χ0) is 9.84. The van der Waals surface area contributed by atoms with Gasteiger partial charge in [0.2, 0.25) is 0 Å². The first-order valence-corrected chi connectivity index (χ1v) is 5.27. The van der Waals surface area contributed by atoms with Crippen LogP contribution in [0, 0.1) is 5.92 Å². The fourth-order valence-electron chi connectivity index (χ4n) is 2.28. The molecule has 0 aromatic rings. The van der Waals surface area contributed by atoms with Crippen molar-refractivity contribution in [2.75, 3.05) is 19.6 Å². The largest absolute Gasteiger partial charge is 0.392 e. The van der Waals surface area contributed by atoms with Gasteiger partial charge in [0.15, 0.2) is 0 Å². The van der Waals surface area contributed by atoms with Crippen molar-refractivity contribution in [1.29, 1.82) is 0 Å². The van der Waals surface area contributed by atoms with Gasteiger partial charge in [-0.1, -0.05) is 6.92 Å². The third-order valence-electron chi connectivity index (χ3n) is 2.97. The van der Waals surface area contributed by atoms with Crippen molar-refractivity contribution in [1.82, 2.24) is 4.90 Å². The topological polar surface area (TPSA) is 49.5 Å². The zero-order valence-electron chi connectivity index (χ0n) is 8.74. The maximum Gasteiger partial charge on any atom is 0.0639 e. The molecule has 78 valence electrons. The van der Waals surface area contributed by atoms with Gasteiger partial charge in [-0.2, -0.15) is 0 Å². The summed E-state index contributed by atoms with van der Waals surface area (Å²) in [4.78, 5) is 2.33. The summed E-state index contributed by atoms with van der Waals surface area (Å²) in [7, 11) is 0. The minimum Gasteiger partial charge on any atom is -0.392 e. The van der Waals surface area contributed by atoms with Crippen LogP contribution in [-0.4, -0.2) is 41.8 Å². The second-order valence-corrected chi connectivity index (χ2v) is 4.27. The molecule has 3 atom stereocenters. The molecule has 0 saturated carbocycles. The average Bonchev–Trinajstić information content (AvgIpc) is 2.03. The molecule has 0 aliphatic carbocycles. The Hall–Kier alpha value is -0.120. The summed E-state index contributed by atoms with van der Waals surface area (Å²) in [5, 5.41) is 9.32. The second-order valence-electron chi connectivity index (χ2n) is 4.27. The van der Waals surface area contributed by atoms with E-state index < -0.39 is 0 Å². The molecule has 0 radical (unpaired) electrons. The number of hydrogen-bond acceptors (Lipinski definition) is 3. The molecule has 1 aliphatic rings. The van der Waals surface area contributed by atoms with Crippen LogP contribution < -0.4 is 5.73 Å². The molecule has 3 heteroatoms. The molecule has 0 spiro atoms. The minimum atomic E-state index is -0.237. The Kier molecular flexibility index (Phi) is 4.16. The van der Waals surface area contributed by atoms with E-state index in [1.54, 1.807) is 0 Å². The maximum absolute atomic E-state index is 9.32. The van der Waals surface area contributed by atoms with E-state index in [9.17, 15) is 5.11 Å². The number of hydrogen-bond donors (Lipinski definition) is 2. The number of β-amino-alcohol motifs (C(OH)–C–C–N with tert-alkyl or cyclic N) is 1. The monoisotopic (exact) mass is 186 g/mol. The predicted molar refractivity (Wildman–Crippen MR) is 54.5 cm³/mol. The van der Waals surface area contributed by atoms with Crippen LogP contribution in [0.1, 0.15) is 26.7 Å². The summed E-state index contributed by atoms with van der Waals surface area (Å²) in [5.74, 6) is 0.678. The van der Waals surface area contributed by atoms with Crippen molar-refractivity contribution in [3.8, 4) is 0 Å². The van der Waals surface area contributed by atoms with E-state index in [1.165, 1.54) is 12.8 Å². The molecule has 1 fully saturated rings. The Morgan fingerprint density at radius 1 is 1.62 bits per heavy atom. The summed E-state index contributed by atoms with van der Waals surface area (Å²) in [6.45, 7) is 6.68. The van der Waals surface area contributed by atoms with Crippen LogP contribution >= 0.6 is 0 Å². The molecule has 1 aliphatic heterocycles. The van der Waals surface area contributed by atoms with Crippen molar-refractivity contribution in [2.24, 2.45) is 11.7 Å². The average molecular weight is 186 g/mol. The summed E-state index contributed by atoms with van der Waals surface area (Å²) in [5.41, 5.74) is 5.74. The van der Waals surface area contributed by atoms with Crippen LogP contribution in [0.4, 0.5) is 0 Å². The maximum atomic E-state index is 9.32. The highest BCUT2D eigenvalue weighted by Crippen LogP contribution is 2.22. The lowest BCUT2D eigenvalue weighted by Crippen LogP contribution is -2.50. The van der Waals surface area contributed by atoms with E-state index >= 15 is 0 Å². The predicted octanol–water partition coefficient (Wildman–Crippen LogP) is 0.426. The van der Waals surface area contributed by atoms with Crippen molar-refractivity contribution in [3.63, 3.8) is 0 Å². The fraction of sp³-hybridized carbons (Fsp3) is 1.00.